The van der Waals surface area contributed by atoms with E-state index in [-0.39, 0.29) is 0 Å². The van der Waals surface area contributed by atoms with E-state index in [1.807, 2.05) is 67.4 Å². The first-order valence-corrected chi connectivity index (χ1v) is 8.86. The van der Waals surface area contributed by atoms with E-state index in [4.69, 9.17) is 27.6 Å². The van der Waals surface area contributed by atoms with Crippen LogP contribution in [0, 0.1) is 6.92 Å². The van der Waals surface area contributed by atoms with Crippen LogP contribution < -0.4 is 4.90 Å². The molecule has 0 radical (unpaired) electrons. The van der Waals surface area contributed by atoms with Gasteiger partial charge in [-0.3, -0.25) is 0 Å². The summed E-state index contributed by atoms with van der Waals surface area (Å²) in [5.74, 6) is 1.70. The Kier molecular flexibility index (Phi) is 4.34. The Bertz CT molecular complexity index is 1090. The molecule has 132 valence electrons. The van der Waals surface area contributed by atoms with Gasteiger partial charge in [0.2, 0.25) is 5.95 Å². The molecule has 0 saturated heterocycles. The average molecular weight is 387 g/mol. The topological polar surface area (TPSA) is 46.6 Å². The quantitative estimate of drug-likeness (QED) is 0.480. The van der Waals surface area contributed by atoms with Crippen molar-refractivity contribution in [3.63, 3.8) is 0 Å². The number of hydrogen-bond acceptors (Lipinski definition) is 4. The highest BCUT2D eigenvalue weighted by molar-refractivity contribution is 6.33. The molecule has 0 unspecified atom stereocenters. The van der Waals surface area contributed by atoms with Crippen molar-refractivity contribution in [3.8, 4) is 11.3 Å². The highest BCUT2D eigenvalue weighted by Gasteiger charge is 2.20. The van der Waals surface area contributed by atoms with Crippen molar-refractivity contribution in [3.05, 3.63) is 69.9 Å². The maximum absolute atomic E-state index is 6.35. The van der Waals surface area contributed by atoms with Crippen LogP contribution in [0.25, 0.3) is 17.1 Å². The molecule has 5 nitrogen and oxygen atoms in total. The summed E-state index contributed by atoms with van der Waals surface area (Å²) in [5, 5.41) is 5.97. The number of hydrogen-bond donors (Lipinski definition) is 0. The summed E-state index contributed by atoms with van der Waals surface area (Å²) < 4.78 is 7.48. The molecule has 0 spiro atoms. The van der Waals surface area contributed by atoms with E-state index in [1.165, 1.54) is 0 Å². The van der Waals surface area contributed by atoms with E-state index >= 15 is 0 Å². The first-order chi connectivity index (χ1) is 12.5. The summed E-state index contributed by atoms with van der Waals surface area (Å²) in [6, 6.07) is 15.3. The summed E-state index contributed by atoms with van der Waals surface area (Å²) in [5.41, 5.74) is 2.66. The van der Waals surface area contributed by atoms with Crippen molar-refractivity contribution in [2.45, 2.75) is 13.5 Å². The molecular weight excluding hydrogens is 371 g/mol. The lowest BCUT2D eigenvalue weighted by atomic mass is 10.1. The molecule has 26 heavy (non-hydrogen) atoms. The van der Waals surface area contributed by atoms with Crippen molar-refractivity contribution in [2.75, 3.05) is 11.9 Å². The molecule has 2 aromatic heterocycles. The van der Waals surface area contributed by atoms with Gasteiger partial charge in [-0.2, -0.15) is 9.50 Å². The monoisotopic (exact) mass is 386 g/mol. The maximum Gasteiger partial charge on any atom is 0.327 e. The lowest BCUT2D eigenvalue weighted by molar-refractivity contribution is 0.562. The minimum atomic E-state index is 0.429. The number of benzene rings is 2. The van der Waals surface area contributed by atoms with Gasteiger partial charge in [-0.05, 0) is 24.6 Å². The molecule has 0 aliphatic rings. The zero-order chi connectivity index (χ0) is 18.3. The predicted octanol–water partition coefficient (Wildman–Crippen LogP) is 5.24. The van der Waals surface area contributed by atoms with Gasteiger partial charge < -0.3 is 9.32 Å². The zero-order valence-corrected chi connectivity index (χ0v) is 15.8. The van der Waals surface area contributed by atoms with Crippen molar-refractivity contribution < 1.29 is 4.42 Å². The van der Waals surface area contributed by atoms with Gasteiger partial charge in [-0.25, -0.2) is 0 Å². The predicted molar refractivity (Wildman–Crippen MR) is 104 cm³/mol. The third-order valence-electron chi connectivity index (χ3n) is 4.19. The molecule has 0 N–H and O–H groups in total. The van der Waals surface area contributed by atoms with Crippen LogP contribution in [0.3, 0.4) is 0 Å². The van der Waals surface area contributed by atoms with Crippen LogP contribution in [0.4, 0.5) is 5.95 Å². The molecular formula is C19H16Cl2N4O. The molecule has 0 fully saturated rings. The third-order valence-corrected chi connectivity index (χ3v) is 4.89. The van der Waals surface area contributed by atoms with Gasteiger partial charge in [0.05, 0.1) is 5.02 Å². The highest BCUT2D eigenvalue weighted by Crippen LogP contribution is 2.32. The van der Waals surface area contributed by atoms with E-state index in [0.717, 1.165) is 21.8 Å². The van der Waals surface area contributed by atoms with Crippen LogP contribution in [0.2, 0.25) is 10.0 Å². The molecule has 2 heterocycles. The number of aromatic nitrogens is 3. The van der Waals surface area contributed by atoms with Gasteiger partial charge in [0.15, 0.2) is 0 Å². The second-order valence-corrected chi connectivity index (χ2v) is 6.85. The average Bonchev–Trinajstić information content (AvgIpc) is 3.14. The SMILES string of the molecule is Cc1oc2nc(N(C)Cc3ccccc3Cl)nn2c1-c1ccccc1Cl. The van der Waals surface area contributed by atoms with E-state index in [0.29, 0.717) is 29.1 Å². The Labute approximate surface area is 160 Å². The number of anilines is 1. The fraction of sp³-hybridized carbons (Fsp3) is 0.158. The summed E-state index contributed by atoms with van der Waals surface area (Å²) in [4.78, 5) is 6.43. The first-order valence-electron chi connectivity index (χ1n) is 8.10. The van der Waals surface area contributed by atoms with Crippen LogP contribution in [0.5, 0.6) is 0 Å². The Balaban J connectivity index is 1.73. The smallest absolute Gasteiger partial charge is 0.327 e. The van der Waals surface area contributed by atoms with Crippen LogP contribution >= 0.6 is 23.2 Å². The molecule has 0 atom stereocenters. The van der Waals surface area contributed by atoms with Crippen molar-refractivity contribution in [1.82, 2.24) is 14.6 Å². The Hall–Kier alpha value is -2.50. The zero-order valence-electron chi connectivity index (χ0n) is 14.3. The van der Waals surface area contributed by atoms with E-state index in [2.05, 4.69) is 10.1 Å². The second kappa shape index (κ2) is 6.67. The molecule has 4 aromatic rings. The number of nitrogens with zero attached hydrogens (tertiary/aromatic N) is 4. The van der Waals surface area contributed by atoms with Gasteiger partial charge in [-0.15, -0.1) is 5.10 Å². The molecule has 2 aromatic carbocycles. The van der Waals surface area contributed by atoms with Crippen LogP contribution in [-0.4, -0.2) is 21.6 Å². The Morgan fingerprint density at radius 2 is 1.73 bits per heavy atom. The third kappa shape index (κ3) is 2.93. The minimum Gasteiger partial charge on any atom is -0.427 e. The van der Waals surface area contributed by atoms with Crippen molar-refractivity contribution in [1.29, 1.82) is 0 Å². The fourth-order valence-electron chi connectivity index (χ4n) is 2.91. The van der Waals surface area contributed by atoms with Gasteiger partial charge >= 0.3 is 5.84 Å². The normalized spacial score (nSPS) is 11.2. The maximum atomic E-state index is 6.35. The Morgan fingerprint density at radius 3 is 2.46 bits per heavy atom. The summed E-state index contributed by atoms with van der Waals surface area (Å²) in [7, 11) is 1.92. The van der Waals surface area contributed by atoms with Crippen LogP contribution in [0.15, 0.2) is 52.9 Å². The molecule has 0 bridgehead atoms. The fourth-order valence-corrected chi connectivity index (χ4v) is 3.33. The molecule has 7 heteroatoms. The second-order valence-electron chi connectivity index (χ2n) is 6.04. The molecule has 0 amide bonds. The largest absolute Gasteiger partial charge is 0.427 e. The molecule has 0 aliphatic heterocycles. The number of oxazole rings is 1. The highest BCUT2D eigenvalue weighted by atomic mass is 35.5. The number of aryl methyl sites for hydroxylation is 1. The Morgan fingerprint density at radius 1 is 1.04 bits per heavy atom. The van der Waals surface area contributed by atoms with Gasteiger partial charge in [0.1, 0.15) is 11.5 Å². The number of fused-ring (bicyclic) bond motifs is 1. The number of rotatable bonds is 4. The molecule has 4 rings (SSSR count). The van der Waals surface area contributed by atoms with Gasteiger partial charge in [0.25, 0.3) is 0 Å². The summed E-state index contributed by atoms with van der Waals surface area (Å²) in [6.07, 6.45) is 0. The van der Waals surface area contributed by atoms with Crippen molar-refractivity contribution in [2.24, 2.45) is 0 Å². The molecule has 0 saturated carbocycles. The van der Waals surface area contributed by atoms with Crippen molar-refractivity contribution >= 4 is 35.0 Å². The van der Waals surface area contributed by atoms with Gasteiger partial charge in [-0.1, -0.05) is 59.6 Å². The van der Waals surface area contributed by atoms with E-state index < -0.39 is 0 Å². The molecule has 0 aliphatic carbocycles. The standard InChI is InChI=1S/C19H16Cl2N4O/c1-12-17(14-8-4-6-10-16(14)21)25-19(26-12)22-18(23-25)24(2)11-13-7-3-5-9-15(13)20/h3-10H,11H2,1-2H3. The van der Waals surface area contributed by atoms with E-state index in [1.54, 1.807) is 4.52 Å². The first kappa shape index (κ1) is 16.9. The van der Waals surface area contributed by atoms with Gasteiger partial charge in [0, 0.05) is 24.2 Å². The summed E-state index contributed by atoms with van der Waals surface area (Å²) in [6.45, 7) is 2.47. The lowest BCUT2D eigenvalue weighted by Gasteiger charge is -2.15. The number of halogens is 2. The van der Waals surface area contributed by atoms with Crippen LogP contribution in [0.1, 0.15) is 11.3 Å². The van der Waals surface area contributed by atoms with E-state index in [9.17, 15) is 0 Å². The summed E-state index contributed by atoms with van der Waals surface area (Å²) >= 11 is 12.6. The van der Waals surface area contributed by atoms with Crippen LogP contribution in [-0.2, 0) is 6.54 Å². The minimum absolute atomic E-state index is 0.429. The lowest BCUT2D eigenvalue weighted by Crippen LogP contribution is -2.18.